The maximum absolute atomic E-state index is 12.0. The highest BCUT2D eigenvalue weighted by Gasteiger charge is 2.36. The van der Waals surface area contributed by atoms with Crippen molar-refractivity contribution in [2.75, 3.05) is 7.11 Å². The lowest BCUT2D eigenvalue weighted by atomic mass is 9.78. The molecule has 1 rings (SSSR count). The van der Waals surface area contributed by atoms with Gasteiger partial charge in [-0.2, -0.15) is 0 Å². The van der Waals surface area contributed by atoms with Gasteiger partial charge in [0.05, 0.1) is 18.9 Å². The van der Waals surface area contributed by atoms with Crippen LogP contribution in [0.1, 0.15) is 32.6 Å². The second kappa shape index (κ2) is 6.37. The van der Waals surface area contributed by atoms with E-state index in [1.165, 1.54) is 14.0 Å². The number of aliphatic carboxylic acids is 1. The van der Waals surface area contributed by atoms with Gasteiger partial charge in [-0.25, -0.2) is 4.79 Å². The number of hydrogen-bond donors (Lipinski definition) is 2. The van der Waals surface area contributed by atoms with E-state index < -0.39 is 29.8 Å². The van der Waals surface area contributed by atoms with Gasteiger partial charge >= 0.3 is 11.9 Å². The molecule has 0 heterocycles. The molecule has 6 nitrogen and oxygen atoms in total. The van der Waals surface area contributed by atoms with Crippen LogP contribution < -0.4 is 5.32 Å². The minimum absolute atomic E-state index is 0.375. The Labute approximate surface area is 106 Å². The third-order valence-corrected chi connectivity index (χ3v) is 3.33. The highest BCUT2D eigenvalue weighted by molar-refractivity contribution is 5.88. The Kier molecular flexibility index (Phi) is 5.12. The fraction of sp³-hybridized carbons (Fsp3) is 0.750. The van der Waals surface area contributed by atoms with Crippen LogP contribution in [0.5, 0.6) is 0 Å². The second-order valence-corrected chi connectivity index (χ2v) is 4.59. The average Bonchev–Trinajstić information content (AvgIpc) is 2.37. The Morgan fingerprint density at radius 2 is 1.78 bits per heavy atom. The summed E-state index contributed by atoms with van der Waals surface area (Å²) in [5.74, 6) is -3.06. The Balaban J connectivity index is 2.63. The van der Waals surface area contributed by atoms with E-state index in [1.807, 2.05) is 0 Å². The number of carboxylic acids is 1. The number of nitrogens with one attached hydrogen (secondary N) is 1. The zero-order valence-corrected chi connectivity index (χ0v) is 10.6. The van der Waals surface area contributed by atoms with Crippen LogP contribution in [0.4, 0.5) is 0 Å². The van der Waals surface area contributed by atoms with E-state index in [-0.39, 0.29) is 5.91 Å². The van der Waals surface area contributed by atoms with Gasteiger partial charge in [0, 0.05) is 0 Å². The van der Waals surface area contributed by atoms with E-state index in [1.54, 1.807) is 0 Å². The van der Waals surface area contributed by atoms with E-state index in [0.717, 1.165) is 12.8 Å². The predicted octanol–water partition coefficient (Wildman–Crippen LogP) is 0.555. The van der Waals surface area contributed by atoms with Crippen LogP contribution in [0, 0.1) is 11.8 Å². The van der Waals surface area contributed by atoms with E-state index in [2.05, 4.69) is 10.1 Å². The first-order valence-corrected chi connectivity index (χ1v) is 6.08. The molecule has 0 bridgehead atoms. The standard InChI is InChI=1S/C12H19NO5/c1-7(12(17)18-2)13-10(14)8-5-3-4-6-9(8)11(15)16/h7-9H,3-6H2,1-2H3,(H,13,14)(H,15,16)/t7-,8+,9-/m0/s1. The Morgan fingerprint density at radius 3 is 2.28 bits per heavy atom. The number of hydrogen-bond acceptors (Lipinski definition) is 4. The molecule has 18 heavy (non-hydrogen) atoms. The summed E-state index contributed by atoms with van der Waals surface area (Å²) in [5.41, 5.74) is 0. The quantitative estimate of drug-likeness (QED) is 0.718. The molecule has 0 spiro atoms. The van der Waals surface area contributed by atoms with Crippen molar-refractivity contribution in [2.24, 2.45) is 11.8 Å². The molecule has 6 heteroatoms. The molecule has 0 aromatic carbocycles. The molecule has 0 aliphatic heterocycles. The van der Waals surface area contributed by atoms with Crippen LogP contribution in [0.25, 0.3) is 0 Å². The van der Waals surface area contributed by atoms with Crippen molar-refractivity contribution in [1.82, 2.24) is 5.32 Å². The third-order valence-electron chi connectivity index (χ3n) is 3.33. The van der Waals surface area contributed by atoms with Gasteiger partial charge in [-0.3, -0.25) is 9.59 Å². The van der Waals surface area contributed by atoms with Crippen molar-refractivity contribution in [3.8, 4) is 0 Å². The SMILES string of the molecule is COC(=O)[C@H](C)NC(=O)[C@@H]1CCCC[C@@H]1C(=O)O. The summed E-state index contributed by atoms with van der Waals surface area (Å²) in [6, 6.07) is -0.751. The lowest BCUT2D eigenvalue weighted by Gasteiger charge is -2.28. The minimum atomic E-state index is -0.944. The Bertz CT molecular complexity index is 341. The van der Waals surface area contributed by atoms with Gasteiger partial charge in [-0.05, 0) is 19.8 Å². The van der Waals surface area contributed by atoms with Gasteiger partial charge in [0.1, 0.15) is 6.04 Å². The van der Waals surface area contributed by atoms with Gasteiger partial charge in [-0.15, -0.1) is 0 Å². The van der Waals surface area contributed by atoms with Gasteiger partial charge in [0.25, 0.3) is 0 Å². The van der Waals surface area contributed by atoms with Crippen LogP contribution in [0.3, 0.4) is 0 Å². The maximum Gasteiger partial charge on any atom is 0.328 e. The molecule has 0 aromatic heterocycles. The molecule has 102 valence electrons. The average molecular weight is 257 g/mol. The summed E-state index contributed by atoms with van der Waals surface area (Å²) in [7, 11) is 1.24. The zero-order chi connectivity index (χ0) is 13.7. The number of ether oxygens (including phenoxy) is 1. The highest BCUT2D eigenvalue weighted by Crippen LogP contribution is 2.30. The molecule has 1 saturated carbocycles. The first kappa shape index (κ1) is 14.5. The molecular weight excluding hydrogens is 238 g/mol. The fourth-order valence-electron chi connectivity index (χ4n) is 2.30. The summed E-state index contributed by atoms with van der Waals surface area (Å²) >= 11 is 0. The highest BCUT2D eigenvalue weighted by atomic mass is 16.5. The van der Waals surface area contributed by atoms with Crippen LogP contribution in [-0.2, 0) is 19.1 Å². The molecule has 0 radical (unpaired) electrons. The molecule has 0 unspecified atom stereocenters. The fourth-order valence-corrected chi connectivity index (χ4v) is 2.30. The summed E-state index contributed by atoms with van der Waals surface area (Å²) in [6.07, 6.45) is 2.73. The number of rotatable bonds is 4. The lowest BCUT2D eigenvalue weighted by Crippen LogP contribution is -2.46. The minimum Gasteiger partial charge on any atom is -0.481 e. The van der Waals surface area contributed by atoms with Gasteiger partial charge in [0.15, 0.2) is 0 Å². The first-order chi connectivity index (χ1) is 8.47. The van der Waals surface area contributed by atoms with Crippen molar-refractivity contribution in [3.05, 3.63) is 0 Å². The number of carbonyl (C=O) groups excluding carboxylic acids is 2. The van der Waals surface area contributed by atoms with Crippen molar-refractivity contribution in [3.63, 3.8) is 0 Å². The molecule has 1 fully saturated rings. The summed E-state index contributed by atoms with van der Waals surface area (Å²) in [4.78, 5) is 34.2. The van der Waals surface area contributed by atoms with Crippen LogP contribution in [0.2, 0.25) is 0 Å². The third kappa shape index (κ3) is 3.45. The van der Waals surface area contributed by atoms with Crippen molar-refractivity contribution in [2.45, 2.75) is 38.6 Å². The van der Waals surface area contributed by atoms with Gasteiger partial charge in [-0.1, -0.05) is 12.8 Å². The summed E-state index contributed by atoms with van der Waals surface area (Å²) in [5, 5.41) is 11.6. The molecule has 0 aromatic rings. The predicted molar refractivity (Wildman–Crippen MR) is 62.7 cm³/mol. The van der Waals surface area contributed by atoms with Gasteiger partial charge < -0.3 is 15.2 Å². The summed E-state index contributed by atoms with van der Waals surface area (Å²) in [6.45, 7) is 1.52. The number of carbonyl (C=O) groups is 3. The van der Waals surface area contributed by atoms with Crippen molar-refractivity contribution in [1.29, 1.82) is 0 Å². The van der Waals surface area contributed by atoms with E-state index in [4.69, 9.17) is 5.11 Å². The topological polar surface area (TPSA) is 92.7 Å². The van der Waals surface area contributed by atoms with Crippen LogP contribution in [0.15, 0.2) is 0 Å². The molecule has 1 aliphatic carbocycles. The maximum atomic E-state index is 12.0. The molecule has 0 saturated heterocycles. The molecule has 1 amide bonds. The molecule has 3 atom stereocenters. The van der Waals surface area contributed by atoms with Crippen molar-refractivity contribution >= 4 is 17.8 Å². The first-order valence-electron chi connectivity index (χ1n) is 6.08. The van der Waals surface area contributed by atoms with Gasteiger partial charge in [0.2, 0.25) is 5.91 Å². The Morgan fingerprint density at radius 1 is 1.22 bits per heavy atom. The Hall–Kier alpha value is -1.59. The number of carboxylic acid groups (broad SMARTS) is 1. The molecular formula is C12H19NO5. The van der Waals surface area contributed by atoms with Crippen LogP contribution in [-0.4, -0.2) is 36.1 Å². The number of esters is 1. The zero-order valence-electron chi connectivity index (χ0n) is 10.6. The summed E-state index contributed by atoms with van der Waals surface area (Å²) < 4.78 is 4.50. The lowest BCUT2D eigenvalue weighted by molar-refractivity contribution is -0.150. The van der Waals surface area contributed by atoms with E-state index in [9.17, 15) is 14.4 Å². The van der Waals surface area contributed by atoms with E-state index >= 15 is 0 Å². The van der Waals surface area contributed by atoms with Crippen molar-refractivity contribution < 1.29 is 24.2 Å². The van der Waals surface area contributed by atoms with Crippen LogP contribution >= 0.6 is 0 Å². The largest absolute Gasteiger partial charge is 0.481 e. The smallest absolute Gasteiger partial charge is 0.328 e. The molecule has 2 N–H and O–H groups in total. The van der Waals surface area contributed by atoms with E-state index in [0.29, 0.717) is 12.8 Å². The molecule has 1 aliphatic rings. The monoisotopic (exact) mass is 257 g/mol. The number of amides is 1. The second-order valence-electron chi connectivity index (χ2n) is 4.59. The normalized spacial score (nSPS) is 25.0. The number of methoxy groups -OCH3 is 1.